The second-order valence-electron chi connectivity index (χ2n) is 6.52. The molecule has 2 aromatic rings. The standard InChI is InChI=1S/C20H24N2O6S/c1-14-5-8-16(20(24)27-3)11-18(14)21-19(23)13-28-17-9-6-15(7-10-17)12-22(2)29(4,25)26/h5-11H,12-13H2,1-4H3,(H,21,23). The van der Waals surface area contributed by atoms with E-state index in [0.29, 0.717) is 17.0 Å². The minimum atomic E-state index is -3.26. The van der Waals surface area contributed by atoms with Crippen molar-refractivity contribution in [3.05, 3.63) is 59.2 Å². The third-order valence-corrected chi connectivity index (χ3v) is 5.46. The molecule has 0 aliphatic rings. The number of benzene rings is 2. The summed E-state index contributed by atoms with van der Waals surface area (Å²) in [6, 6.07) is 11.7. The molecule has 0 heterocycles. The van der Waals surface area contributed by atoms with E-state index < -0.39 is 16.0 Å². The van der Waals surface area contributed by atoms with Crippen molar-refractivity contribution < 1.29 is 27.5 Å². The van der Waals surface area contributed by atoms with Crippen LogP contribution in [0.15, 0.2) is 42.5 Å². The minimum Gasteiger partial charge on any atom is -0.484 e. The number of esters is 1. The van der Waals surface area contributed by atoms with Crippen molar-refractivity contribution in [2.75, 3.05) is 32.3 Å². The fourth-order valence-corrected chi connectivity index (χ4v) is 2.79. The Morgan fingerprint density at radius 1 is 1.10 bits per heavy atom. The maximum atomic E-state index is 12.2. The van der Waals surface area contributed by atoms with E-state index in [1.165, 1.54) is 18.5 Å². The lowest BCUT2D eigenvalue weighted by molar-refractivity contribution is -0.118. The predicted molar refractivity (Wildman–Crippen MR) is 109 cm³/mol. The summed E-state index contributed by atoms with van der Waals surface area (Å²) in [5, 5.41) is 2.71. The Labute approximate surface area is 170 Å². The van der Waals surface area contributed by atoms with Crippen molar-refractivity contribution in [1.29, 1.82) is 0 Å². The summed E-state index contributed by atoms with van der Waals surface area (Å²) in [6.07, 6.45) is 1.14. The van der Waals surface area contributed by atoms with Crippen LogP contribution in [0, 0.1) is 6.92 Å². The average Bonchev–Trinajstić information content (AvgIpc) is 2.67. The van der Waals surface area contributed by atoms with Crippen LogP contribution in [-0.4, -0.2) is 51.6 Å². The molecule has 0 atom stereocenters. The van der Waals surface area contributed by atoms with Crippen LogP contribution in [0.5, 0.6) is 5.75 Å². The van der Waals surface area contributed by atoms with Crippen molar-refractivity contribution in [1.82, 2.24) is 4.31 Å². The molecule has 0 radical (unpaired) electrons. The summed E-state index contributed by atoms with van der Waals surface area (Å²) in [6.45, 7) is 1.84. The lowest BCUT2D eigenvalue weighted by atomic mass is 10.1. The number of carbonyl (C=O) groups excluding carboxylic acids is 2. The summed E-state index contributed by atoms with van der Waals surface area (Å²) in [7, 11) is -0.464. The molecule has 0 saturated heterocycles. The maximum absolute atomic E-state index is 12.2. The first-order valence-electron chi connectivity index (χ1n) is 8.72. The number of nitrogens with zero attached hydrogens (tertiary/aromatic N) is 1. The van der Waals surface area contributed by atoms with Crippen LogP contribution in [0.3, 0.4) is 0 Å². The largest absolute Gasteiger partial charge is 0.484 e. The fourth-order valence-electron chi connectivity index (χ4n) is 2.40. The zero-order valence-corrected chi connectivity index (χ0v) is 17.6. The summed E-state index contributed by atoms with van der Waals surface area (Å²) in [4.78, 5) is 23.8. The highest BCUT2D eigenvalue weighted by Gasteiger charge is 2.12. The molecule has 0 aliphatic heterocycles. The highest BCUT2D eigenvalue weighted by Crippen LogP contribution is 2.18. The monoisotopic (exact) mass is 420 g/mol. The fraction of sp³-hybridized carbons (Fsp3) is 0.300. The van der Waals surface area contributed by atoms with Gasteiger partial charge in [0.1, 0.15) is 5.75 Å². The Hall–Kier alpha value is -2.91. The Bertz CT molecular complexity index is 987. The minimum absolute atomic E-state index is 0.218. The molecular formula is C20H24N2O6S. The first kappa shape index (κ1) is 22.4. The molecule has 1 amide bonds. The summed E-state index contributed by atoms with van der Waals surface area (Å²) in [5.41, 5.74) is 2.43. The van der Waals surface area contributed by atoms with E-state index in [0.717, 1.165) is 17.4 Å². The van der Waals surface area contributed by atoms with E-state index in [1.807, 2.05) is 6.92 Å². The van der Waals surface area contributed by atoms with Gasteiger partial charge in [-0.2, -0.15) is 0 Å². The van der Waals surface area contributed by atoms with Gasteiger partial charge in [-0.25, -0.2) is 17.5 Å². The van der Waals surface area contributed by atoms with Gasteiger partial charge in [0, 0.05) is 19.3 Å². The van der Waals surface area contributed by atoms with E-state index >= 15 is 0 Å². The molecule has 1 N–H and O–H groups in total. The third kappa shape index (κ3) is 6.58. The summed E-state index contributed by atoms with van der Waals surface area (Å²) < 4.78 is 34.3. The van der Waals surface area contributed by atoms with Crippen molar-refractivity contribution in [3.63, 3.8) is 0 Å². The SMILES string of the molecule is COC(=O)c1ccc(C)c(NC(=O)COc2ccc(CN(C)S(C)(=O)=O)cc2)c1. The van der Waals surface area contributed by atoms with Gasteiger partial charge in [-0.1, -0.05) is 18.2 Å². The van der Waals surface area contributed by atoms with Crippen molar-refractivity contribution in [3.8, 4) is 5.75 Å². The van der Waals surface area contributed by atoms with Gasteiger partial charge in [-0.15, -0.1) is 0 Å². The molecular weight excluding hydrogens is 396 g/mol. The van der Waals surface area contributed by atoms with Crippen LogP contribution in [0.1, 0.15) is 21.5 Å². The van der Waals surface area contributed by atoms with Crippen LogP contribution in [0.25, 0.3) is 0 Å². The van der Waals surface area contributed by atoms with Gasteiger partial charge in [-0.05, 0) is 42.3 Å². The molecule has 0 unspecified atom stereocenters. The summed E-state index contributed by atoms with van der Waals surface area (Å²) in [5.74, 6) is -0.389. The molecule has 0 spiro atoms. The number of rotatable bonds is 8. The number of carbonyl (C=O) groups is 2. The van der Waals surface area contributed by atoms with Gasteiger partial charge in [0.05, 0.1) is 18.9 Å². The van der Waals surface area contributed by atoms with Crippen LogP contribution >= 0.6 is 0 Å². The van der Waals surface area contributed by atoms with Gasteiger partial charge in [0.2, 0.25) is 10.0 Å². The molecule has 0 saturated carbocycles. The lowest BCUT2D eigenvalue weighted by Gasteiger charge is -2.14. The van der Waals surface area contributed by atoms with Gasteiger partial charge >= 0.3 is 5.97 Å². The first-order chi connectivity index (χ1) is 13.6. The van der Waals surface area contributed by atoms with E-state index in [2.05, 4.69) is 10.1 Å². The number of hydrogen-bond donors (Lipinski definition) is 1. The molecule has 0 fully saturated rings. The molecule has 9 heteroatoms. The van der Waals surface area contributed by atoms with E-state index in [-0.39, 0.29) is 19.1 Å². The number of amides is 1. The summed E-state index contributed by atoms with van der Waals surface area (Å²) >= 11 is 0. The predicted octanol–water partition coefficient (Wildman–Crippen LogP) is 2.19. The normalized spacial score (nSPS) is 11.2. The smallest absolute Gasteiger partial charge is 0.337 e. The highest BCUT2D eigenvalue weighted by atomic mass is 32.2. The zero-order chi connectivity index (χ0) is 21.6. The van der Waals surface area contributed by atoms with E-state index in [1.54, 1.807) is 42.5 Å². The Morgan fingerprint density at radius 3 is 2.34 bits per heavy atom. The van der Waals surface area contributed by atoms with Gasteiger partial charge < -0.3 is 14.8 Å². The second kappa shape index (κ2) is 9.53. The maximum Gasteiger partial charge on any atom is 0.337 e. The Kier molecular flexibility index (Phi) is 7.35. The van der Waals surface area contributed by atoms with Crippen LogP contribution in [0.4, 0.5) is 5.69 Å². The lowest BCUT2D eigenvalue weighted by Crippen LogP contribution is -2.24. The molecule has 8 nitrogen and oxygen atoms in total. The number of hydrogen-bond acceptors (Lipinski definition) is 6. The van der Waals surface area contributed by atoms with Crippen molar-refractivity contribution in [2.45, 2.75) is 13.5 Å². The number of sulfonamides is 1. The second-order valence-corrected chi connectivity index (χ2v) is 8.61. The molecule has 2 aromatic carbocycles. The molecule has 0 bridgehead atoms. The van der Waals surface area contributed by atoms with Crippen LogP contribution < -0.4 is 10.1 Å². The number of ether oxygens (including phenoxy) is 2. The van der Waals surface area contributed by atoms with Gasteiger partial charge in [-0.3, -0.25) is 4.79 Å². The number of aryl methyl sites for hydroxylation is 1. The third-order valence-electron chi connectivity index (χ3n) is 4.20. The molecule has 0 aromatic heterocycles. The topological polar surface area (TPSA) is 102 Å². The molecule has 2 rings (SSSR count). The van der Waals surface area contributed by atoms with Crippen LogP contribution in [-0.2, 0) is 26.1 Å². The van der Waals surface area contributed by atoms with E-state index in [4.69, 9.17) is 4.74 Å². The van der Waals surface area contributed by atoms with Crippen molar-refractivity contribution in [2.24, 2.45) is 0 Å². The van der Waals surface area contributed by atoms with E-state index in [9.17, 15) is 18.0 Å². The molecule has 156 valence electrons. The molecule has 0 aliphatic carbocycles. The number of methoxy groups -OCH3 is 1. The Balaban J connectivity index is 1.93. The van der Waals surface area contributed by atoms with Crippen molar-refractivity contribution >= 4 is 27.6 Å². The first-order valence-corrected chi connectivity index (χ1v) is 10.6. The highest BCUT2D eigenvalue weighted by molar-refractivity contribution is 7.88. The average molecular weight is 420 g/mol. The van der Waals surface area contributed by atoms with Gasteiger partial charge in [0.15, 0.2) is 6.61 Å². The quantitative estimate of drug-likeness (QED) is 0.657. The zero-order valence-electron chi connectivity index (χ0n) is 16.8. The number of nitrogens with one attached hydrogen (secondary N) is 1. The van der Waals surface area contributed by atoms with Crippen LogP contribution in [0.2, 0.25) is 0 Å². The number of anilines is 1. The van der Waals surface area contributed by atoms with Gasteiger partial charge in [0.25, 0.3) is 5.91 Å². The Morgan fingerprint density at radius 2 is 1.76 bits per heavy atom. The molecule has 29 heavy (non-hydrogen) atoms.